The number of nitrogens with one attached hydrogen (secondary N) is 2. The second-order valence-electron chi connectivity index (χ2n) is 7.23. The molecule has 0 saturated carbocycles. The third-order valence-corrected chi connectivity index (χ3v) is 4.71. The molecule has 8 heteroatoms. The van der Waals surface area contributed by atoms with Crippen molar-refractivity contribution in [3.8, 4) is 5.75 Å². The first-order chi connectivity index (χ1) is 15.6. The molecule has 2 heterocycles. The maximum Gasteiger partial charge on any atom is 0.272 e. The Labute approximate surface area is 182 Å². The molecule has 3 N–H and O–H groups in total. The molecule has 2 aromatic carbocycles. The van der Waals surface area contributed by atoms with E-state index in [9.17, 15) is 14.7 Å². The smallest absolute Gasteiger partial charge is 0.272 e. The molecule has 8 nitrogen and oxygen atoms in total. The van der Waals surface area contributed by atoms with Crippen LogP contribution in [0.15, 0.2) is 82.9 Å². The summed E-state index contributed by atoms with van der Waals surface area (Å²) in [7, 11) is 0. The maximum atomic E-state index is 12.4. The van der Waals surface area contributed by atoms with Gasteiger partial charge in [-0.1, -0.05) is 42.5 Å². The summed E-state index contributed by atoms with van der Waals surface area (Å²) in [6.45, 7) is 0.521. The molecule has 4 aromatic rings. The number of hydrogen-bond donors (Lipinski definition) is 3. The highest BCUT2D eigenvalue weighted by atomic mass is 16.5. The molecule has 162 valence electrons. The lowest BCUT2D eigenvalue weighted by atomic mass is 10.2. The molecular weight excluding hydrogens is 408 g/mol. The number of benzene rings is 2. The summed E-state index contributed by atoms with van der Waals surface area (Å²) >= 11 is 0. The van der Waals surface area contributed by atoms with Crippen LogP contribution in [0, 0.1) is 0 Å². The number of nitrogens with zero attached hydrogens (tertiary/aromatic N) is 2. The lowest BCUT2D eigenvalue weighted by Gasteiger charge is -2.12. The van der Waals surface area contributed by atoms with E-state index in [-0.39, 0.29) is 22.9 Å². The maximum absolute atomic E-state index is 12.4. The lowest BCUT2D eigenvalue weighted by Crippen LogP contribution is -2.46. The average molecular weight is 430 g/mol. The minimum Gasteiger partial charge on any atom is -0.491 e. The largest absolute Gasteiger partial charge is 0.491 e. The van der Waals surface area contributed by atoms with Crippen LogP contribution in [-0.2, 0) is 6.54 Å². The third kappa shape index (κ3) is 5.50. The van der Waals surface area contributed by atoms with Crippen molar-refractivity contribution in [2.45, 2.75) is 12.6 Å². The molecule has 0 aliphatic heterocycles. The quantitative estimate of drug-likeness (QED) is 0.392. The summed E-state index contributed by atoms with van der Waals surface area (Å²) in [5.41, 5.74) is 0.759. The highest BCUT2D eigenvalue weighted by Crippen LogP contribution is 2.13. The Morgan fingerprint density at radius 3 is 2.16 bits per heavy atom. The molecule has 0 aliphatic rings. The molecule has 0 aliphatic carbocycles. The number of aromatic amines is 2. The number of hydrogen-bond acceptors (Lipinski definition) is 5. The summed E-state index contributed by atoms with van der Waals surface area (Å²) in [6.07, 6.45) is 7.58. The predicted octanol–water partition coefficient (Wildman–Crippen LogP) is 0.357. The standard InChI is InChI=1S/C24H22N4O4/c29-19(14-28-11-10-25-16-28)15-32-20-8-6-18(7-9-20)13-22-24(31)26-21(23(30)27-22)12-17-4-2-1-3-5-17/h1-13,16,19,29H,14-15H2,(H,26,31)(H,27,30). The summed E-state index contributed by atoms with van der Waals surface area (Å²) in [5, 5.41) is 10.4. The van der Waals surface area contributed by atoms with Crippen LogP contribution in [-0.4, -0.2) is 37.3 Å². The number of rotatable bonds is 7. The van der Waals surface area contributed by atoms with Crippen LogP contribution in [0.5, 0.6) is 5.75 Å². The van der Waals surface area contributed by atoms with Crippen molar-refractivity contribution in [2.24, 2.45) is 0 Å². The van der Waals surface area contributed by atoms with Gasteiger partial charge in [-0.2, -0.15) is 0 Å². The Bertz CT molecular complexity index is 1390. The number of ether oxygens (including phenoxy) is 1. The summed E-state index contributed by atoms with van der Waals surface area (Å²) in [6, 6.07) is 16.3. The molecule has 0 radical (unpaired) electrons. The first kappa shape index (κ1) is 21.1. The Kier molecular flexibility index (Phi) is 6.43. The molecule has 0 fully saturated rings. The zero-order valence-electron chi connectivity index (χ0n) is 17.1. The van der Waals surface area contributed by atoms with Crippen molar-refractivity contribution >= 4 is 12.2 Å². The van der Waals surface area contributed by atoms with Gasteiger partial charge in [-0.3, -0.25) is 9.59 Å². The van der Waals surface area contributed by atoms with Crippen molar-refractivity contribution in [1.29, 1.82) is 0 Å². The minimum atomic E-state index is -0.676. The molecule has 0 spiro atoms. The molecular formula is C24H22N4O4. The molecule has 0 amide bonds. The number of aliphatic hydroxyl groups is 1. The van der Waals surface area contributed by atoms with Crippen molar-refractivity contribution in [2.75, 3.05) is 6.61 Å². The summed E-state index contributed by atoms with van der Waals surface area (Å²) < 4.78 is 7.38. The topological polar surface area (TPSA) is 113 Å². The number of aromatic nitrogens is 4. The lowest BCUT2D eigenvalue weighted by molar-refractivity contribution is 0.0925. The molecule has 1 unspecified atom stereocenters. The second-order valence-corrected chi connectivity index (χ2v) is 7.23. The Balaban J connectivity index is 1.47. The van der Waals surface area contributed by atoms with E-state index in [1.165, 1.54) is 0 Å². The first-order valence-corrected chi connectivity index (χ1v) is 10.0. The SMILES string of the molecule is O=c1[nH]c(=Cc2ccc(OCC(O)Cn3ccnc3)cc2)c(=O)[nH]c1=Cc1ccccc1. The number of imidazole rings is 1. The van der Waals surface area contributed by atoms with Crippen LogP contribution in [0.25, 0.3) is 12.2 Å². The van der Waals surface area contributed by atoms with Gasteiger partial charge in [-0.05, 0) is 35.4 Å². The molecule has 1 atom stereocenters. The first-order valence-electron chi connectivity index (χ1n) is 10.0. The van der Waals surface area contributed by atoms with Gasteiger partial charge in [0.25, 0.3) is 11.1 Å². The van der Waals surface area contributed by atoms with E-state index < -0.39 is 11.7 Å². The Hall–Kier alpha value is -4.17. The van der Waals surface area contributed by atoms with Gasteiger partial charge in [0, 0.05) is 12.4 Å². The zero-order valence-corrected chi connectivity index (χ0v) is 17.1. The summed E-state index contributed by atoms with van der Waals surface area (Å²) in [5.74, 6) is 0.585. The van der Waals surface area contributed by atoms with Gasteiger partial charge in [0.05, 0.1) is 12.9 Å². The van der Waals surface area contributed by atoms with Gasteiger partial charge >= 0.3 is 0 Å². The van der Waals surface area contributed by atoms with Crippen LogP contribution >= 0.6 is 0 Å². The van der Waals surface area contributed by atoms with Gasteiger partial charge in [0.15, 0.2) is 0 Å². The van der Waals surface area contributed by atoms with Gasteiger partial charge in [-0.15, -0.1) is 0 Å². The minimum absolute atomic E-state index is 0.133. The Morgan fingerprint density at radius 1 is 0.938 bits per heavy atom. The highest BCUT2D eigenvalue weighted by Gasteiger charge is 2.06. The second kappa shape index (κ2) is 9.76. The van der Waals surface area contributed by atoms with E-state index in [4.69, 9.17) is 4.74 Å². The molecule has 2 aromatic heterocycles. The third-order valence-electron chi connectivity index (χ3n) is 4.71. The van der Waals surface area contributed by atoms with Gasteiger partial charge < -0.3 is 24.4 Å². The average Bonchev–Trinajstić information content (AvgIpc) is 3.30. The van der Waals surface area contributed by atoms with E-state index in [2.05, 4.69) is 15.0 Å². The number of H-pyrrole nitrogens is 2. The van der Waals surface area contributed by atoms with Gasteiger partial charge in [0.1, 0.15) is 29.2 Å². The van der Waals surface area contributed by atoms with Crippen molar-refractivity contribution in [3.63, 3.8) is 0 Å². The molecule has 0 bridgehead atoms. The van der Waals surface area contributed by atoms with Crippen molar-refractivity contribution in [3.05, 3.63) is 116 Å². The number of aliphatic hydroxyl groups excluding tert-OH is 1. The molecule has 32 heavy (non-hydrogen) atoms. The van der Waals surface area contributed by atoms with Crippen LogP contribution in [0.1, 0.15) is 11.1 Å². The van der Waals surface area contributed by atoms with Crippen LogP contribution in [0.4, 0.5) is 0 Å². The van der Waals surface area contributed by atoms with Gasteiger partial charge in [-0.25, -0.2) is 4.98 Å². The Morgan fingerprint density at radius 2 is 1.56 bits per heavy atom. The molecule has 0 saturated heterocycles. The fourth-order valence-electron chi connectivity index (χ4n) is 3.12. The predicted molar refractivity (Wildman–Crippen MR) is 121 cm³/mol. The van der Waals surface area contributed by atoms with Crippen molar-refractivity contribution in [1.82, 2.24) is 19.5 Å². The monoisotopic (exact) mass is 430 g/mol. The van der Waals surface area contributed by atoms with Crippen LogP contribution < -0.4 is 26.6 Å². The van der Waals surface area contributed by atoms with E-state index in [1.54, 1.807) is 59.7 Å². The van der Waals surface area contributed by atoms with E-state index in [0.29, 0.717) is 12.3 Å². The van der Waals surface area contributed by atoms with E-state index in [0.717, 1.165) is 11.1 Å². The fraction of sp³-hybridized carbons (Fsp3) is 0.125. The summed E-state index contributed by atoms with van der Waals surface area (Å²) in [4.78, 5) is 34.0. The van der Waals surface area contributed by atoms with Crippen molar-refractivity contribution < 1.29 is 9.84 Å². The zero-order chi connectivity index (χ0) is 22.3. The van der Waals surface area contributed by atoms with E-state index in [1.807, 2.05) is 30.3 Å². The van der Waals surface area contributed by atoms with Crippen LogP contribution in [0.2, 0.25) is 0 Å². The fourth-order valence-corrected chi connectivity index (χ4v) is 3.12. The normalized spacial score (nSPS) is 13.3. The van der Waals surface area contributed by atoms with E-state index >= 15 is 0 Å². The van der Waals surface area contributed by atoms with Gasteiger partial charge in [0.2, 0.25) is 0 Å². The van der Waals surface area contributed by atoms with Crippen LogP contribution in [0.3, 0.4) is 0 Å². The highest BCUT2D eigenvalue weighted by molar-refractivity contribution is 5.50. The molecule has 4 rings (SSSR count).